The third-order valence-electron chi connectivity index (χ3n) is 5.77. The van der Waals surface area contributed by atoms with Crippen molar-refractivity contribution in [3.8, 4) is 0 Å². The second kappa shape index (κ2) is 8.57. The number of carbonyl (C=O) groups is 2. The van der Waals surface area contributed by atoms with Gasteiger partial charge in [0.2, 0.25) is 11.8 Å². The van der Waals surface area contributed by atoms with E-state index in [0.29, 0.717) is 11.5 Å². The van der Waals surface area contributed by atoms with Crippen LogP contribution < -0.4 is 10.6 Å². The minimum Gasteiger partial charge on any atom is -0.389 e. The molecule has 0 spiro atoms. The zero-order valence-electron chi connectivity index (χ0n) is 17.0. The largest absolute Gasteiger partial charge is 0.389 e. The van der Waals surface area contributed by atoms with Gasteiger partial charge in [-0.25, -0.2) is 0 Å². The van der Waals surface area contributed by atoms with Crippen LogP contribution in [0.25, 0.3) is 0 Å². The first-order chi connectivity index (χ1) is 13.3. The molecule has 4 atom stereocenters. The van der Waals surface area contributed by atoms with E-state index in [9.17, 15) is 14.7 Å². The van der Waals surface area contributed by atoms with Gasteiger partial charge < -0.3 is 20.6 Å². The van der Waals surface area contributed by atoms with Gasteiger partial charge in [-0.15, -0.1) is 0 Å². The molecule has 0 bridgehead atoms. The summed E-state index contributed by atoms with van der Waals surface area (Å²) in [5.41, 5.74) is -0.331. The number of hydrogen-bond donors (Lipinski definition) is 3. The molecule has 0 aromatic carbocycles. The van der Waals surface area contributed by atoms with Crippen molar-refractivity contribution in [3.05, 3.63) is 30.1 Å². The van der Waals surface area contributed by atoms with Gasteiger partial charge >= 0.3 is 0 Å². The lowest BCUT2D eigenvalue weighted by atomic mass is 9.78. The minimum atomic E-state index is -1.03. The van der Waals surface area contributed by atoms with Crippen molar-refractivity contribution in [2.24, 2.45) is 5.92 Å². The maximum absolute atomic E-state index is 13.5. The number of carbonyl (C=O) groups excluding carboxylic acids is 2. The Labute approximate surface area is 166 Å². The van der Waals surface area contributed by atoms with E-state index in [1.165, 1.54) is 0 Å². The van der Waals surface area contributed by atoms with Gasteiger partial charge in [-0.3, -0.25) is 14.6 Å². The predicted octanol–water partition coefficient (Wildman–Crippen LogP) is 1.39. The summed E-state index contributed by atoms with van der Waals surface area (Å²) in [6, 6.07) is 2.67. The highest BCUT2D eigenvalue weighted by molar-refractivity contribution is 5.91. The molecule has 7 heteroatoms. The Hall–Kier alpha value is -1.99. The molecule has 3 N–H and O–H groups in total. The standard InChI is InChI=1S/C21H32N4O3/c1-14-8-9-17(14)25(20(27)16-7-5-11-23-16)18(15-6-4-10-22-12-15)19(26)24-13-21(2,3)28/h4,6,10,12,14,16-18,23,28H,5,7-9,11,13H2,1-3H3,(H,24,26)/t14-,16+,17?,18?/m0/s1. The maximum atomic E-state index is 13.5. The molecule has 1 saturated carbocycles. The van der Waals surface area contributed by atoms with E-state index < -0.39 is 11.6 Å². The fraction of sp³-hybridized carbons (Fsp3) is 0.667. The SMILES string of the molecule is C[C@H]1CCC1N(C(=O)[C@H]1CCCN1)C(C(=O)NCC(C)(C)O)c1cccnc1. The number of rotatable bonds is 7. The topological polar surface area (TPSA) is 94.6 Å². The van der Waals surface area contributed by atoms with Gasteiger partial charge in [0.05, 0.1) is 11.6 Å². The van der Waals surface area contributed by atoms with Gasteiger partial charge in [-0.05, 0) is 58.1 Å². The maximum Gasteiger partial charge on any atom is 0.247 e. The molecule has 1 aliphatic carbocycles. The first kappa shape index (κ1) is 20.7. The molecule has 154 valence electrons. The molecular weight excluding hydrogens is 356 g/mol. The van der Waals surface area contributed by atoms with Crippen LogP contribution in [0.15, 0.2) is 24.5 Å². The lowest BCUT2D eigenvalue weighted by Crippen LogP contribution is -2.58. The summed E-state index contributed by atoms with van der Waals surface area (Å²) in [5.74, 6) is 0.0634. The average molecular weight is 389 g/mol. The van der Waals surface area contributed by atoms with Crippen LogP contribution in [0.1, 0.15) is 58.1 Å². The molecule has 2 heterocycles. The van der Waals surface area contributed by atoms with Gasteiger partial charge in [0.1, 0.15) is 6.04 Å². The number of aliphatic hydroxyl groups is 1. The van der Waals surface area contributed by atoms with Crippen molar-refractivity contribution in [1.82, 2.24) is 20.5 Å². The summed E-state index contributed by atoms with van der Waals surface area (Å²) in [6.07, 6.45) is 7.02. The highest BCUT2D eigenvalue weighted by Gasteiger charge is 2.44. The molecule has 2 amide bonds. The summed E-state index contributed by atoms with van der Waals surface area (Å²) in [5, 5.41) is 16.1. The highest BCUT2D eigenvalue weighted by Crippen LogP contribution is 2.38. The van der Waals surface area contributed by atoms with E-state index in [1.54, 1.807) is 37.2 Å². The third kappa shape index (κ3) is 4.70. The van der Waals surface area contributed by atoms with Crippen molar-refractivity contribution in [1.29, 1.82) is 0 Å². The van der Waals surface area contributed by atoms with Crippen LogP contribution in [-0.2, 0) is 9.59 Å². The molecule has 3 rings (SSSR count). The van der Waals surface area contributed by atoms with Crippen LogP contribution in [0, 0.1) is 5.92 Å². The molecule has 2 unspecified atom stereocenters. The molecular formula is C21H32N4O3. The van der Waals surface area contributed by atoms with Gasteiger partial charge in [-0.1, -0.05) is 13.0 Å². The first-order valence-corrected chi connectivity index (χ1v) is 10.2. The van der Waals surface area contributed by atoms with E-state index in [2.05, 4.69) is 22.5 Å². The van der Waals surface area contributed by atoms with E-state index in [1.807, 2.05) is 6.07 Å². The number of hydrogen-bond acceptors (Lipinski definition) is 5. The quantitative estimate of drug-likeness (QED) is 0.656. The van der Waals surface area contributed by atoms with Crippen molar-refractivity contribution >= 4 is 11.8 Å². The number of nitrogens with one attached hydrogen (secondary N) is 2. The van der Waals surface area contributed by atoms with Crippen LogP contribution in [0.5, 0.6) is 0 Å². The molecule has 2 aliphatic rings. The van der Waals surface area contributed by atoms with Gasteiger partial charge in [0.15, 0.2) is 0 Å². The van der Waals surface area contributed by atoms with Crippen LogP contribution in [0.4, 0.5) is 0 Å². The third-order valence-corrected chi connectivity index (χ3v) is 5.77. The zero-order valence-corrected chi connectivity index (χ0v) is 17.0. The van der Waals surface area contributed by atoms with Gasteiger partial charge in [0.25, 0.3) is 0 Å². The normalized spacial score (nSPS) is 25.6. The predicted molar refractivity (Wildman–Crippen MR) is 106 cm³/mol. The van der Waals surface area contributed by atoms with Gasteiger partial charge in [-0.2, -0.15) is 0 Å². The van der Waals surface area contributed by atoms with E-state index in [-0.39, 0.29) is 30.4 Å². The molecule has 7 nitrogen and oxygen atoms in total. The number of pyridine rings is 1. The minimum absolute atomic E-state index is 0.0127. The smallest absolute Gasteiger partial charge is 0.247 e. The zero-order chi connectivity index (χ0) is 20.3. The van der Waals surface area contributed by atoms with E-state index in [0.717, 1.165) is 32.2 Å². The van der Waals surface area contributed by atoms with Crippen molar-refractivity contribution in [3.63, 3.8) is 0 Å². The molecule has 0 radical (unpaired) electrons. The van der Waals surface area contributed by atoms with E-state index >= 15 is 0 Å². The lowest BCUT2D eigenvalue weighted by molar-refractivity contribution is -0.149. The Morgan fingerprint density at radius 3 is 2.68 bits per heavy atom. The number of nitrogens with zero attached hydrogens (tertiary/aromatic N) is 2. The molecule has 2 fully saturated rings. The lowest BCUT2D eigenvalue weighted by Gasteiger charge is -2.47. The van der Waals surface area contributed by atoms with E-state index in [4.69, 9.17) is 0 Å². The Morgan fingerprint density at radius 1 is 1.39 bits per heavy atom. The fourth-order valence-electron chi connectivity index (χ4n) is 4.00. The summed E-state index contributed by atoms with van der Waals surface area (Å²) >= 11 is 0. The van der Waals surface area contributed by atoms with Crippen LogP contribution in [0.3, 0.4) is 0 Å². The monoisotopic (exact) mass is 388 g/mol. The molecule has 1 aromatic rings. The Morgan fingerprint density at radius 2 is 2.18 bits per heavy atom. The highest BCUT2D eigenvalue weighted by atomic mass is 16.3. The Bertz CT molecular complexity index is 683. The second-order valence-corrected chi connectivity index (χ2v) is 8.74. The van der Waals surface area contributed by atoms with Gasteiger partial charge in [0, 0.05) is 30.5 Å². The van der Waals surface area contributed by atoms with Crippen LogP contribution in [0.2, 0.25) is 0 Å². The van der Waals surface area contributed by atoms with Crippen molar-refractivity contribution in [2.45, 2.75) is 70.2 Å². The molecule has 1 aliphatic heterocycles. The van der Waals surface area contributed by atoms with Crippen molar-refractivity contribution < 1.29 is 14.7 Å². The summed E-state index contributed by atoms with van der Waals surface area (Å²) in [7, 11) is 0. The molecule has 28 heavy (non-hydrogen) atoms. The molecule has 1 aromatic heterocycles. The fourth-order valence-corrected chi connectivity index (χ4v) is 4.00. The van der Waals surface area contributed by atoms with Crippen LogP contribution in [-0.4, -0.2) is 57.6 Å². The second-order valence-electron chi connectivity index (χ2n) is 8.74. The summed E-state index contributed by atoms with van der Waals surface area (Å²) < 4.78 is 0. The summed E-state index contributed by atoms with van der Waals surface area (Å²) in [4.78, 5) is 32.7. The van der Waals surface area contributed by atoms with Crippen LogP contribution >= 0.6 is 0 Å². The van der Waals surface area contributed by atoms with Crippen molar-refractivity contribution in [2.75, 3.05) is 13.1 Å². The Kier molecular flexibility index (Phi) is 6.35. The first-order valence-electron chi connectivity index (χ1n) is 10.2. The number of aromatic nitrogens is 1. The molecule has 1 saturated heterocycles. The number of amides is 2. The Balaban J connectivity index is 1.93. The average Bonchev–Trinajstić information content (AvgIpc) is 3.19. The summed E-state index contributed by atoms with van der Waals surface area (Å²) in [6.45, 7) is 6.36.